The van der Waals surface area contributed by atoms with Crippen LogP contribution >= 0.6 is 0 Å². The molecule has 0 spiro atoms. The van der Waals surface area contributed by atoms with Gasteiger partial charge in [0.25, 0.3) is 0 Å². The molecule has 2 aromatic carbocycles. The smallest absolute Gasteiger partial charge is 0.248 e. The number of para-hydroxylation sites is 1. The van der Waals surface area contributed by atoms with E-state index in [9.17, 15) is 4.79 Å². The van der Waals surface area contributed by atoms with Crippen LogP contribution in [0.2, 0.25) is 0 Å². The molecule has 0 aliphatic rings. The first-order valence-electron chi connectivity index (χ1n) is 7.10. The summed E-state index contributed by atoms with van der Waals surface area (Å²) in [5.74, 6) is -0.124. The number of rotatable bonds is 3. The fourth-order valence-corrected chi connectivity index (χ4v) is 1.97. The van der Waals surface area contributed by atoms with Gasteiger partial charge in [-0.2, -0.15) is 0 Å². The Kier molecular flexibility index (Phi) is 4.59. The highest BCUT2D eigenvalue weighted by atomic mass is 16.1. The minimum atomic E-state index is -0.124. The van der Waals surface area contributed by atoms with Crippen molar-refractivity contribution in [2.75, 3.05) is 5.32 Å². The first-order valence-corrected chi connectivity index (χ1v) is 7.10. The minimum absolute atomic E-state index is 0.124. The van der Waals surface area contributed by atoms with Crippen molar-refractivity contribution >= 4 is 17.7 Å². The van der Waals surface area contributed by atoms with E-state index in [1.165, 1.54) is 5.56 Å². The number of carbonyl (C=O) groups excluding carboxylic acids is 1. The first-order chi connectivity index (χ1) is 9.95. The first kappa shape index (κ1) is 15.0. The Labute approximate surface area is 126 Å². The van der Waals surface area contributed by atoms with E-state index in [-0.39, 0.29) is 11.3 Å². The predicted octanol–water partition coefficient (Wildman–Crippen LogP) is 4.64. The third-order valence-corrected chi connectivity index (χ3v) is 3.25. The number of hydrogen-bond donors (Lipinski definition) is 1. The lowest BCUT2D eigenvalue weighted by molar-refractivity contribution is -0.111. The van der Waals surface area contributed by atoms with Crippen molar-refractivity contribution in [1.82, 2.24) is 0 Å². The van der Waals surface area contributed by atoms with Crippen LogP contribution in [0.5, 0.6) is 0 Å². The maximum absolute atomic E-state index is 11.8. The van der Waals surface area contributed by atoms with E-state index in [0.717, 1.165) is 11.3 Å². The summed E-state index contributed by atoms with van der Waals surface area (Å²) in [5.41, 5.74) is 3.25. The molecular formula is C19H21NO. The van der Waals surface area contributed by atoms with Gasteiger partial charge in [0.1, 0.15) is 0 Å². The third kappa shape index (κ3) is 4.60. The molecule has 0 saturated carbocycles. The Bertz CT molecular complexity index is 619. The number of anilines is 1. The van der Waals surface area contributed by atoms with Gasteiger partial charge in [-0.05, 0) is 34.8 Å². The van der Waals surface area contributed by atoms with E-state index < -0.39 is 0 Å². The SMILES string of the molecule is CC(C)(C)c1ccc(C=CC(=O)Nc2ccccc2)cc1. The van der Waals surface area contributed by atoms with Gasteiger partial charge in [-0.25, -0.2) is 0 Å². The molecule has 0 bridgehead atoms. The van der Waals surface area contributed by atoms with Crippen molar-refractivity contribution in [3.63, 3.8) is 0 Å². The molecule has 1 N–H and O–H groups in total. The molecule has 0 heterocycles. The summed E-state index contributed by atoms with van der Waals surface area (Å²) in [6.07, 6.45) is 3.38. The van der Waals surface area contributed by atoms with Crippen LogP contribution in [0.4, 0.5) is 5.69 Å². The molecule has 1 amide bonds. The van der Waals surface area contributed by atoms with Crippen LogP contribution in [0.15, 0.2) is 60.7 Å². The van der Waals surface area contributed by atoms with E-state index in [4.69, 9.17) is 0 Å². The number of hydrogen-bond acceptors (Lipinski definition) is 1. The fourth-order valence-electron chi connectivity index (χ4n) is 1.97. The maximum atomic E-state index is 11.8. The van der Waals surface area contributed by atoms with Gasteiger partial charge in [-0.1, -0.05) is 63.2 Å². The van der Waals surface area contributed by atoms with Gasteiger partial charge in [0, 0.05) is 11.8 Å². The summed E-state index contributed by atoms with van der Waals surface area (Å²) in [4.78, 5) is 11.8. The molecule has 0 atom stereocenters. The van der Waals surface area contributed by atoms with Gasteiger partial charge in [0.05, 0.1) is 0 Å². The van der Waals surface area contributed by atoms with Gasteiger partial charge >= 0.3 is 0 Å². The molecule has 108 valence electrons. The Hall–Kier alpha value is -2.35. The van der Waals surface area contributed by atoms with E-state index >= 15 is 0 Å². The molecule has 2 nitrogen and oxygen atoms in total. The van der Waals surface area contributed by atoms with Crippen molar-refractivity contribution < 1.29 is 4.79 Å². The largest absolute Gasteiger partial charge is 0.323 e. The monoisotopic (exact) mass is 279 g/mol. The third-order valence-electron chi connectivity index (χ3n) is 3.25. The summed E-state index contributed by atoms with van der Waals surface area (Å²) in [6, 6.07) is 17.7. The molecule has 2 rings (SSSR count). The second-order valence-corrected chi connectivity index (χ2v) is 6.06. The van der Waals surface area contributed by atoms with Crippen molar-refractivity contribution in [2.24, 2.45) is 0 Å². The Morgan fingerprint density at radius 2 is 1.57 bits per heavy atom. The lowest BCUT2D eigenvalue weighted by atomic mass is 9.87. The number of benzene rings is 2. The number of amides is 1. The van der Waals surface area contributed by atoms with Crippen molar-refractivity contribution in [3.8, 4) is 0 Å². The van der Waals surface area contributed by atoms with E-state index in [1.807, 2.05) is 48.5 Å². The second-order valence-electron chi connectivity index (χ2n) is 6.06. The quantitative estimate of drug-likeness (QED) is 0.815. The Morgan fingerprint density at radius 1 is 0.952 bits per heavy atom. The van der Waals surface area contributed by atoms with E-state index in [1.54, 1.807) is 6.08 Å². The van der Waals surface area contributed by atoms with Crippen LogP contribution in [0.25, 0.3) is 6.08 Å². The molecule has 2 heteroatoms. The second kappa shape index (κ2) is 6.40. The molecule has 0 fully saturated rings. The molecule has 0 unspecified atom stereocenters. The summed E-state index contributed by atoms with van der Waals surface area (Å²) >= 11 is 0. The van der Waals surface area contributed by atoms with Gasteiger partial charge in [-0.15, -0.1) is 0 Å². The Balaban J connectivity index is 1.99. The lowest BCUT2D eigenvalue weighted by Gasteiger charge is -2.18. The van der Waals surface area contributed by atoms with Crippen molar-refractivity contribution in [3.05, 3.63) is 71.8 Å². The van der Waals surface area contributed by atoms with Gasteiger partial charge in [0.15, 0.2) is 0 Å². The zero-order valence-electron chi connectivity index (χ0n) is 12.8. The van der Waals surface area contributed by atoms with Gasteiger partial charge < -0.3 is 5.32 Å². The standard InChI is InChI=1S/C19H21NO/c1-19(2,3)16-12-9-15(10-13-16)11-14-18(21)20-17-7-5-4-6-8-17/h4-14H,1-3H3,(H,20,21). The molecule has 0 aromatic heterocycles. The average molecular weight is 279 g/mol. The van der Waals surface area contributed by atoms with E-state index in [0.29, 0.717) is 0 Å². The minimum Gasteiger partial charge on any atom is -0.323 e. The van der Waals surface area contributed by atoms with Crippen LogP contribution in [-0.2, 0) is 10.2 Å². The summed E-state index contributed by atoms with van der Waals surface area (Å²) in [7, 11) is 0. The molecule has 0 saturated heterocycles. The van der Waals surface area contributed by atoms with Crippen LogP contribution in [0.1, 0.15) is 31.9 Å². The highest BCUT2D eigenvalue weighted by Gasteiger charge is 2.12. The lowest BCUT2D eigenvalue weighted by Crippen LogP contribution is -2.10. The molecule has 0 radical (unpaired) electrons. The van der Waals surface area contributed by atoms with Crippen LogP contribution in [0.3, 0.4) is 0 Å². The Morgan fingerprint density at radius 3 is 2.14 bits per heavy atom. The highest BCUT2D eigenvalue weighted by molar-refractivity contribution is 6.01. The highest BCUT2D eigenvalue weighted by Crippen LogP contribution is 2.22. The zero-order chi connectivity index (χ0) is 15.3. The number of nitrogens with one attached hydrogen (secondary N) is 1. The molecule has 21 heavy (non-hydrogen) atoms. The number of carbonyl (C=O) groups is 1. The van der Waals surface area contributed by atoms with Crippen molar-refractivity contribution in [1.29, 1.82) is 0 Å². The topological polar surface area (TPSA) is 29.1 Å². The van der Waals surface area contributed by atoms with Crippen LogP contribution < -0.4 is 5.32 Å². The van der Waals surface area contributed by atoms with Gasteiger partial charge in [0.2, 0.25) is 5.91 Å². The maximum Gasteiger partial charge on any atom is 0.248 e. The summed E-state index contributed by atoms with van der Waals surface area (Å²) in [6.45, 7) is 6.56. The predicted molar refractivity (Wildman–Crippen MR) is 89.2 cm³/mol. The summed E-state index contributed by atoms with van der Waals surface area (Å²) in [5, 5.41) is 2.82. The fraction of sp³-hybridized carbons (Fsp3) is 0.211. The zero-order valence-corrected chi connectivity index (χ0v) is 12.8. The summed E-state index contributed by atoms with van der Waals surface area (Å²) < 4.78 is 0. The molecule has 2 aromatic rings. The van der Waals surface area contributed by atoms with E-state index in [2.05, 4.69) is 38.2 Å². The molecule has 0 aliphatic carbocycles. The van der Waals surface area contributed by atoms with Crippen molar-refractivity contribution in [2.45, 2.75) is 26.2 Å². The van der Waals surface area contributed by atoms with Crippen LogP contribution in [-0.4, -0.2) is 5.91 Å². The average Bonchev–Trinajstić information content (AvgIpc) is 2.46. The van der Waals surface area contributed by atoms with Crippen LogP contribution in [0, 0.1) is 0 Å². The van der Waals surface area contributed by atoms with Gasteiger partial charge in [-0.3, -0.25) is 4.79 Å². The normalized spacial score (nSPS) is 11.6. The molecule has 0 aliphatic heterocycles. The molecular weight excluding hydrogens is 258 g/mol.